The number of carbonyl (C=O) groups is 4. The molecular weight excluding hydrogens is 647 g/mol. The van der Waals surface area contributed by atoms with Crippen molar-refractivity contribution in [2.45, 2.75) is 26.7 Å². The van der Waals surface area contributed by atoms with E-state index < -0.39 is 27.9 Å². The van der Waals surface area contributed by atoms with Crippen LogP contribution >= 0.6 is 0 Å². The van der Waals surface area contributed by atoms with Gasteiger partial charge in [-0.05, 0) is 75.7 Å². The van der Waals surface area contributed by atoms with Crippen LogP contribution in [0.5, 0.6) is 5.75 Å². The summed E-state index contributed by atoms with van der Waals surface area (Å²) in [6.07, 6.45) is 4.81. The number of aromatic nitrogens is 1. The van der Waals surface area contributed by atoms with E-state index in [1.54, 1.807) is 24.3 Å². The minimum absolute atomic E-state index is 0.159. The Morgan fingerprint density at radius 1 is 1.08 bits per heavy atom. The lowest BCUT2D eigenvalue weighted by molar-refractivity contribution is -0.110. The number of halogens is 1. The maximum Gasteiger partial charge on any atom is 0.326 e. The molecule has 0 unspecified atom stereocenters. The molecule has 16 heteroatoms. The number of likely N-dealkylation sites (tertiary alicyclic amines) is 1. The number of rotatable bonds is 8. The summed E-state index contributed by atoms with van der Waals surface area (Å²) < 4.78 is 45.0. The van der Waals surface area contributed by atoms with E-state index in [2.05, 4.69) is 31.2 Å². The highest BCUT2D eigenvalue weighted by Crippen LogP contribution is 2.36. The molecule has 0 saturated carbocycles. The first-order valence-corrected chi connectivity index (χ1v) is 16.7. The number of aryl methyl sites for hydroxylation is 1. The van der Waals surface area contributed by atoms with E-state index in [9.17, 15) is 32.0 Å². The minimum atomic E-state index is -3.67. The van der Waals surface area contributed by atoms with Crippen LogP contribution in [0, 0.1) is 19.7 Å². The average Bonchev–Trinajstić information content (AvgIpc) is 3.69. The van der Waals surface area contributed by atoms with Crippen LogP contribution in [-0.4, -0.2) is 86.2 Å². The zero-order valence-electron chi connectivity index (χ0n) is 26.8. The van der Waals surface area contributed by atoms with Crippen LogP contribution in [0.15, 0.2) is 36.4 Å². The second-order valence-electron chi connectivity index (χ2n) is 11.2. The maximum atomic E-state index is 14.2. The topological polar surface area (TPSA) is 199 Å². The van der Waals surface area contributed by atoms with Crippen molar-refractivity contribution in [2.75, 3.05) is 50.2 Å². The van der Waals surface area contributed by atoms with E-state index >= 15 is 0 Å². The summed E-state index contributed by atoms with van der Waals surface area (Å²) in [5.74, 6) is -2.02. The van der Waals surface area contributed by atoms with Crippen molar-refractivity contribution in [3.63, 3.8) is 0 Å². The zero-order valence-corrected chi connectivity index (χ0v) is 27.6. The molecule has 6 N–H and O–H groups in total. The number of benzene rings is 2. The predicted octanol–water partition coefficient (Wildman–Crippen LogP) is 3.56. The first kappa shape index (κ1) is 35.8. The molecule has 3 heterocycles. The Labute approximate surface area is 276 Å². The third-order valence-electron chi connectivity index (χ3n) is 7.61. The summed E-state index contributed by atoms with van der Waals surface area (Å²) >= 11 is 0. The molecule has 0 radical (unpaired) electrons. The number of amides is 5. The van der Waals surface area contributed by atoms with Crippen LogP contribution in [0.1, 0.15) is 56.1 Å². The third-order valence-corrected chi connectivity index (χ3v) is 7.61. The summed E-state index contributed by atoms with van der Waals surface area (Å²) in [5.41, 5.74) is 4.09. The molecule has 2 aliphatic rings. The van der Waals surface area contributed by atoms with Gasteiger partial charge in [-0.15, -0.1) is 0 Å². The third kappa shape index (κ3) is 9.27. The largest absolute Gasteiger partial charge is 0.497 e. The van der Waals surface area contributed by atoms with Crippen LogP contribution in [-0.2, 0) is 14.9 Å². The van der Waals surface area contributed by atoms with Gasteiger partial charge in [-0.2, -0.15) is 8.42 Å². The summed E-state index contributed by atoms with van der Waals surface area (Å²) in [6.45, 7) is 7.17. The Bertz CT molecular complexity index is 1870. The van der Waals surface area contributed by atoms with Gasteiger partial charge in [-0.3, -0.25) is 24.3 Å². The van der Waals surface area contributed by atoms with Crippen molar-refractivity contribution in [3.05, 3.63) is 75.9 Å². The number of fused-ring (bicyclic) bond motifs is 1. The molecule has 1 aromatic heterocycles. The molecule has 2 aliphatic heterocycles. The molecule has 5 amide bonds. The van der Waals surface area contributed by atoms with E-state index in [1.807, 2.05) is 13.8 Å². The van der Waals surface area contributed by atoms with Crippen LogP contribution in [0.3, 0.4) is 0 Å². The number of imide groups is 1. The van der Waals surface area contributed by atoms with Crippen molar-refractivity contribution in [1.82, 2.24) is 20.5 Å². The molecule has 5 rings (SSSR count). The van der Waals surface area contributed by atoms with Crippen LogP contribution < -0.4 is 26.0 Å². The van der Waals surface area contributed by atoms with Crippen LogP contribution in [0.25, 0.3) is 11.6 Å². The lowest BCUT2D eigenvalue weighted by atomic mass is 10.0. The van der Waals surface area contributed by atoms with Gasteiger partial charge in [0.15, 0.2) is 0 Å². The Morgan fingerprint density at radius 2 is 1.77 bits per heavy atom. The number of nitrogens with one attached hydrogen (secondary N) is 5. The Morgan fingerprint density at radius 3 is 2.42 bits per heavy atom. The second kappa shape index (κ2) is 15.2. The fourth-order valence-corrected chi connectivity index (χ4v) is 5.38. The number of hydrogen-bond donors (Lipinski definition) is 6. The van der Waals surface area contributed by atoms with Crippen molar-refractivity contribution in [1.29, 1.82) is 0 Å². The predicted molar refractivity (Wildman–Crippen MR) is 178 cm³/mol. The van der Waals surface area contributed by atoms with Gasteiger partial charge in [-0.25, -0.2) is 9.18 Å². The Hall–Kier alpha value is -5.06. The Kier molecular flexibility index (Phi) is 11.4. The number of carbonyl (C=O) groups excluding carboxylic acids is 4. The van der Waals surface area contributed by atoms with Gasteiger partial charge < -0.3 is 30.6 Å². The number of urea groups is 1. The smallest absolute Gasteiger partial charge is 0.326 e. The minimum Gasteiger partial charge on any atom is -0.497 e. The fraction of sp³-hybridized carbons (Fsp3) is 0.312. The maximum absolute atomic E-state index is 14.2. The van der Waals surface area contributed by atoms with Gasteiger partial charge >= 0.3 is 6.03 Å². The van der Waals surface area contributed by atoms with E-state index in [0.29, 0.717) is 52.3 Å². The molecule has 2 aromatic carbocycles. The number of H-pyrrole nitrogens is 1. The van der Waals surface area contributed by atoms with E-state index in [-0.39, 0.29) is 23.1 Å². The van der Waals surface area contributed by atoms with E-state index in [1.165, 1.54) is 32.1 Å². The lowest BCUT2D eigenvalue weighted by Crippen LogP contribution is -2.34. The second-order valence-corrected chi connectivity index (χ2v) is 12.7. The highest BCUT2D eigenvalue weighted by Gasteiger charge is 2.26. The first-order valence-electron chi connectivity index (χ1n) is 14.9. The molecule has 0 spiro atoms. The summed E-state index contributed by atoms with van der Waals surface area (Å²) in [7, 11) is -2.30. The standard InChI is InChI=1S/C31H33FN6O5.CH4O3S/c1-17-25(34-18(2)27(17)30(41)33-10-13-38-11-4-5-12-38)16-23-21-8-6-19(14-26(21)36-29(23)40)35-31(42)37-28(39)22-9-7-20(43-3)15-24(22)32;1-5(2,3)4/h6-9,14-16,34H,4-5,10-13H2,1-3H3,(H,33,41)(H,36,40)(H2,35,37,39,42);1H3,(H,2,3,4)/b23-16-;. The molecule has 0 bridgehead atoms. The van der Waals surface area contributed by atoms with Crippen LogP contribution in [0.2, 0.25) is 0 Å². The molecule has 48 heavy (non-hydrogen) atoms. The molecule has 0 atom stereocenters. The molecule has 3 aromatic rings. The van der Waals surface area contributed by atoms with Gasteiger partial charge in [-0.1, -0.05) is 6.07 Å². The zero-order chi connectivity index (χ0) is 35.2. The quantitative estimate of drug-likeness (QED) is 0.152. The van der Waals surface area contributed by atoms with Crippen LogP contribution in [0.4, 0.5) is 20.6 Å². The lowest BCUT2D eigenvalue weighted by Gasteiger charge is -2.14. The first-order chi connectivity index (χ1) is 22.6. The molecule has 1 saturated heterocycles. The van der Waals surface area contributed by atoms with Gasteiger partial charge in [0.2, 0.25) is 0 Å². The number of anilines is 2. The average molecular weight is 685 g/mol. The van der Waals surface area contributed by atoms with Gasteiger partial charge in [0.25, 0.3) is 27.8 Å². The molecule has 256 valence electrons. The summed E-state index contributed by atoms with van der Waals surface area (Å²) in [6, 6.07) is 7.60. The number of methoxy groups -OCH3 is 1. The number of ether oxygens (including phenoxy) is 1. The molecule has 14 nitrogen and oxygen atoms in total. The number of hydrogen-bond acceptors (Lipinski definition) is 8. The SMILES string of the molecule is COc1ccc(C(=O)NC(=O)Nc2ccc3c(c2)NC(=O)/C3=C\c2[nH]c(C)c(C(=O)NCCN3CCCC3)c2C)c(F)c1.CS(=O)(=O)O. The highest BCUT2D eigenvalue weighted by atomic mass is 32.2. The van der Waals surface area contributed by atoms with E-state index in [4.69, 9.17) is 9.29 Å². The molecular formula is C32H37FN6O8S. The van der Waals surface area contributed by atoms with E-state index in [0.717, 1.165) is 31.3 Å². The Balaban J connectivity index is 0.000000968. The normalized spacial score (nSPS) is 14.9. The van der Waals surface area contributed by atoms with Crippen molar-refractivity contribution >= 4 is 56.9 Å². The van der Waals surface area contributed by atoms with Gasteiger partial charge in [0, 0.05) is 41.8 Å². The number of aromatic amines is 1. The van der Waals surface area contributed by atoms with Gasteiger partial charge in [0.05, 0.1) is 35.8 Å². The monoisotopic (exact) mass is 684 g/mol. The molecule has 0 aliphatic carbocycles. The summed E-state index contributed by atoms with van der Waals surface area (Å²) in [4.78, 5) is 56.2. The molecule has 1 fully saturated rings. The number of nitrogens with zero attached hydrogens (tertiary/aromatic N) is 1. The van der Waals surface area contributed by atoms with Crippen molar-refractivity contribution in [3.8, 4) is 5.75 Å². The van der Waals surface area contributed by atoms with Gasteiger partial charge in [0.1, 0.15) is 11.6 Å². The van der Waals surface area contributed by atoms with Crippen molar-refractivity contribution in [2.24, 2.45) is 0 Å². The van der Waals surface area contributed by atoms with Crippen molar-refractivity contribution < 1.29 is 41.3 Å². The fourth-order valence-electron chi connectivity index (χ4n) is 5.38. The highest BCUT2D eigenvalue weighted by molar-refractivity contribution is 7.85. The summed E-state index contributed by atoms with van der Waals surface area (Å²) in [5, 5.41) is 10.4.